The number of ether oxygens (including phenoxy) is 1. The lowest BCUT2D eigenvalue weighted by Gasteiger charge is -2.47. The Morgan fingerprint density at radius 1 is 1.19 bits per heavy atom. The van der Waals surface area contributed by atoms with Crippen LogP contribution in [-0.2, 0) is 9.16 Å². The SMILES string of the molecule is COCC1=C2[C@@H](CC1)[C@@H](C)[C@@H](O[Si](C)(C)C(C)(C)C)CC1=C(C(C)C)CC[C@]1(C)[C@H]2O. The van der Waals surface area contributed by atoms with Gasteiger partial charge in [-0.25, -0.2) is 0 Å². The molecule has 3 aliphatic carbocycles. The van der Waals surface area contributed by atoms with Gasteiger partial charge in [0.1, 0.15) is 0 Å². The van der Waals surface area contributed by atoms with Gasteiger partial charge in [-0.3, -0.25) is 0 Å². The summed E-state index contributed by atoms with van der Waals surface area (Å²) in [7, 11) is -0.129. The van der Waals surface area contributed by atoms with Gasteiger partial charge in [-0.2, -0.15) is 0 Å². The Kier molecular flexibility index (Phi) is 7.10. The molecule has 0 unspecified atom stereocenters. The smallest absolute Gasteiger partial charge is 0.192 e. The Labute approximate surface area is 192 Å². The van der Waals surface area contributed by atoms with Crippen molar-refractivity contribution in [3.8, 4) is 0 Å². The Bertz CT molecular complexity index is 742. The van der Waals surface area contributed by atoms with Crippen LogP contribution >= 0.6 is 0 Å². The van der Waals surface area contributed by atoms with Gasteiger partial charge in [0.05, 0.1) is 18.8 Å². The van der Waals surface area contributed by atoms with E-state index in [9.17, 15) is 5.11 Å². The largest absolute Gasteiger partial charge is 0.413 e. The summed E-state index contributed by atoms with van der Waals surface area (Å²) in [5.74, 6) is 1.33. The maximum absolute atomic E-state index is 11.9. The number of hydrogen-bond acceptors (Lipinski definition) is 3. The molecule has 1 fully saturated rings. The van der Waals surface area contributed by atoms with E-state index in [1.165, 1.54) is 16.7 Å². The van der Waals surface area contributed by atoms with E-state index in [0.29, 0.717) is 24.4 Å². The maximum atomic E-state index is 11.9. The molecule has 0 spiro atoms. The summed E-state index contributed by atoms with van der Waals surface area (Å²) in [6, 6.07) is 0. The third-order valence-corrected chi connectivity index (χ3v) is 13.9. The van der Waals surface area contributed by atoms with E-state index < -0.39 is 14.4 Å². The molecule has 0 saturated heterocycles. The third kappa shape index (κ3) is 4.39. The van der Waals surface area contributed by atoms with Crippen LogP contribution in [0.5, 0.6) is 0 Å². The summed E-state index contributed by atoms with van der Waals surface area (Å²) in [4.78, 5) is 0. The molecule has 0 aromatic rings. The van der Waals surface area contributed by atoms with E-state index >= 15 is 0 Å². The Morgan fingerprint density at radius 2 is 1.84 bits per heavy atom. The van der Waals surface area contributed by atoms with Crippen molar-refractivity contribution in [3.05, 3.63) is 22.3 Å². The lowest BCUT2D eigenvalue weighted by Crippen LogP contribution is -2.49. The van der Waals surface area contributed by atoms with Crippen molar-refractivity contribution in [1.29, 1.82) is 0 Å². The second-order valence-corrected chi connectivity index (χ2v) is 17.4. The maximum Gasteiger partial charge on any atom is 0.192 e. The van der Waals surface area contributed by atoms with Crippen molar-refractivity contribution in [2.75, 3.05) is 13.7 Å². The van der Waals surface area contributed by atoms with Crippen LogP contribution in [0.4, 0.5) is 0 Å². The second kappa shape index (κ2) is 8.74. The summed E-state index contributed by atoms with van der Waals surface area (Å²) >= 11 is 0. The molecular formula is C27H48O3Si. The van der Waals surface area contributed by atoms with Gasteiger partial charge in [-0.1, -0.05) is 59.6 Å². The highest BCUT2D eigenvalue weighted by molar-refractivity contribution is 6.74. The van der Waals surface area contributed by atoms with Crippen molar-refractivity contribution in [2.24, 2.45) is 23.2 Å². The van der Waals surface area contributed by atoms with Gasteiger partial charge in [0, 0.05) is 12.5 Å². The van der Waals surface area contributed by atoms with Gasteiger partial charge < -0.3 is 14.3 Å². The van der Waals surface area contributed by atoms with Crippen LogP contribution in [0.2, 0.25) is 18.1 Å². The van der Waals surface area contributed by atoms with Gasteiger partial charge in [0.15, 0.2) is 8.32 Å². The van der Waals surface area contributed by atoms with Crippen molar-refractivity contribution < 1.29 is 14.3 Å². The highest BCUT2D eigenvalue weighted by atomic mass is 28.4. The summed E-state index contributed by atoms with van der Waals surface area (Å²) in [5, 5.41) is 12.1. The van der Waals surface area contributed by atoms with E-state index in [2.05, 4.69) is 61.6 Å². The third-order valence-electron chi connectivity index (χ3n) is 9.35. The molecule has 1 saturated carbocycles. The van der Waals surface area contributed by atoms with Gasteiger partial charge in [0.25, 0.3) is 0 Å². The van der Waals surface area contributed by atoms with Crippen molar-refractivity contribution in [2.45, 2.75) is 111 Å². The first-order chi connectivity index (χ1) is 14.2. The summed E-state index contributed by atoms with van der Waals surface area (Å²) in [5.41, 5.74) is 5.54. The van der Waals surface area contributed by atoms with E-state index in [1.807, 2.05) is 0 Å². The zero-order chi connectivity index (χ0) is 23.4. The lowest BCUT2D eigenvalue weighted by atomic mass is 9.65. The minimum atomic E-state index is -1.91. The average molecular weight is 449 g/mol. The Hall–Kier alpha value is -0.423. The van der Waals surface area contributed by atoms with Crippen molar-refractivity contribution in [1.82, 2.24) is 0 Å². The second-order valence-electron chi connectivity index (χ2n) is 12.6. The van der Waals surface area contributed by atoms with Gasteiger partial charge >= 0.3 is 0 Å². The number of allylic oxidation sites excluding steroid dienone is 1. The molecule has 0 aromatic carbocycles. The summed E-state index contributed by atoms with van der Waals surface area (Å²) in [6.07, 6.45) is 5.14. The molecule has 3 aliphatic rings. The average Bonchev–Trinajstić information content (AvgIpc) is 3.21. The number of aliphatic hydroxyl groups is 1. The quantitative estimate of drug-likeness (QED) is 0.368. The first kappa shape index (κ1) is 25.2. The zero-order valence-electron chi connectivity index (χ0n) is 21.9. The molecule has 1 N–H and O–H groups in total. The number of hydrogen-bond donors (Lipinski definition) is 1. The molecule has 178 valence electrons. The van der Waals surface area contributed by atoms with Crippen LogP contribution in [0.3, 0.4) is 0 Å². The fourth-order valence-corrected chi connectivity index (χ4v) is 7.63. The zero-order valence-corrected chi connectivity index (χ0v) is 22.9. The molecule has 5 atom stereocenters. The highest BCUT2D eigenvalue weighted by Crippen LogP contribution is 2.57. The fraction of sp³-hybridized carbons (Fsp3) is 0.852. The van der Waals surface area contributed by atoms with E-state index in [1.54, 1.807) is 12.7 Å². The van der Waals surface area contributed by atoms with E-state index in [0.717, 1.165) is 32.1 Å². The first-order valence-corrected chi connectivity index (χ1v) is 15.4. The van der Waals surface area contributed by atoms with Crippen LogP contribution in [0.1, 0.15) is 80.6 Å². The molecule has 0 bridgehead atoms. The molecule has 4 heteroatoms. The molecule has 0 aromatic heterocycles. The number of methoxy groups -OCH3 is 1. The molecule has 0 radical (unpaired) electrons. The molecule has 0 heterocycles. The molecule has 3 nitrogen and oxygen atoms in total. The predicted molar refractivity (Wildman–Crippen MR) is 133 cm³/mol. The monoisotopic (exact) mass is 448 g/mol. The number of aliphatic hydroxyl groups excluding tert-OH is 1. The molecule has 0 amide bonds. The van der Waals surface area contributed by atoms with E-state index in [4.69, 9.17) is 9.16 Å². The molecular weight excluding hydrogens is 400 g/mol. The van der Waals surface area contributed by atoms with Crippen molar-refractivity contribution >= 4 is 8.32 Å². The summed E-state index contributed by atoms with van der Waals surface area (Å²) < 4.78 is 12.8. The molecule has 0 aliphatic heterocycles. The minimum absolute atomic E-state index is 0.175. The Morgan fingerprint density at radius 3 is 2.39 bits per heavy atom. The minimum Gasteiger partial charge on any atom is -0.413 e. The summed E-state index contributed by atoms with van der Waals surface area (Å²) in [6.45, 7) is 21.8. The lowest BCUT2D eigenvalue weighted by molar-refractivity contribution is 0.0340. The van der Waals surface area contributed by atoms with Crippen LogP contribution in [0.15, 0.2) is 22.3 Å². The predicted octanol–water partition coefficient (Wildman–Crippen LogP) is 6.88. The molecule has 3 rings (SSSR count). The molecule has 31 heavy (non-hydrogen) atoms. The number of rotatable bonds is 5. The van der Waals surface area contributed by atoms with Crippen LogP contribution in [0.25, 0.3) is 0 Å². The fourth-order valence-electron chi connectivity index (χ4n) is 6.22. The van der Waals surface area contributed by atoms with Crippen LogP contribution < -0.4 is 0 Å². The van der Waals surface area contributed by atoms with Gasteiger partial charge in [0.2, 0.25) is 0 Å². The standard InChI is InChI=1S/C27H48O3Si/c1-17(2)20-13-14-27(7)22(20)15-23(30-31(9,10)26(4,5)6)18(3)21-12-11-19(16-29-8)24(21)25(27)28/h17-18,21,23,25,28H,11-16H2,1-10H3/t18-,21+,23+,25+,27+/m1/s1. The highest BCUT2D eigenvalue weighted by Gasteiger charge is 2.52. The first-order valence-electron chi connectivity index (χ1n) is 12.5. The topological polar surface area (TPSA) is 38.7 Å². The Balaban J connectivity index is 2.13. The normalized spacial score (nSPS) is 34.8. The number of fused-ring (bicyclic) bond motifs is 2. The van der Waals surface area contributed by atoms with Gasteiger partial charge in [-0.15, -0.1) is 0 Å². The van der Waals surface area contributed by atoms with Crippen molar-refractivity contribution in [3.63, 3.8) is 0 Å². The van der Waals surface area contributed by atoms with Crippen LogP contribution in [-0.4, -0.2) is 39.3 Å². The van der Waals surface area contributed by atoms with E-state index in [-0.39, 0.29) is 16.6 Å². The van der Waals surface area contributed by atoms with Crippen LogP contribution in [0, 0.1) is 23.2 Å². The van der Waals surface area contributed by atoms with Gasteiger partial charge in [-0.05, 0) is 79.1 Å².